The van der Waals surface area contributed by atoms with Crippen LogP contribution in [0.1, 0.15) is 23.0 Å². The van der Waals surface area contributed by atoms with E-state index in [-0.39, 0.29) is 23.8 Å². The monoisotopic (exact) mass is 318 g/mol. The van der Waals surface area contributed by atoms with E-state index in [1.807, 2.05) is 0 Å². The van der Waals surface area contributed by atoms with Crippen LogP contribution in [0.25, 0.3) is 0 Å². The first-order chi connectivity index (χ1) is 10.6. The number of thiazole rings is 1. The fourth-order valence-electron chi connectivity index (χ4n) is 1.51. The van der Waals surface area contributed by atoms with Crippen LogP contribution >= 0.6 is 11.3 Å². The summed E-state index contributed by atoms with van der Waals surface area (Å²) >= 11 is 1.17. The highest BCUT2D eigenvalue weighted by molar-refractivity contribution is 7.13. The SMILES string of the molecule is CCOC(=O)c1cccc(O/N=C(\[C]=O)c2csc(N)n2)c1. The topological polar surface area (TPSA) is 104 Å². The van der Waals surface area contributed by atoms with Gasteiger partial charge in [-0.15, -0.1) is 11.3 Å². The molecule has 0 saturated carbocycles. The highest BCUT2D eigenvalue weighted by Gasteiger charge is 2.10. The molecule has 1 radical (unpaired) electrons. The molecule has 2 aromatic rings. The van der Waals surface area contributed by atoms with Crippen molar-refractivity contribution in [2.75, 3.05) is 12.3 Å². The van der Waals surface area contributed by atoms with Gasteiger partial charge in [-0.3, -0.25) is 4.79 Å². The number of benzene rings is 1. The molecule has 8 heteroatoms. The lowest BCUT2D eigenvalue weighted by molar-refractivity contribution is 0.0526. The number of nitrogens with zero attached hydrogens (tertiary/aromatic N) is 2. The second-order valence-electron chi connectivity index (χ2n) is 3.95. The maximum Gasteiger partial charge on any atom is 0.338 e. The number of anilines is 1. The van der Waals surface area contributed by atoms with E-state index < -0.39 is 5.97 Å². The molecule has 0 saturated heterocycles. The molecule has 113 valence electrons. The van der Waals surface area contributed by atoms with Crippen molar-refractivity contribution in [2.45, 2.75) is 6.92 Å². The molecule has 0 aliphatic carbocycles. The van der Waals surface area contributed by atoms with E-state index in [4.69, 9.17) is 15.3 Å². The van der Waals surface area contributed by atoms with Crippen LogP contribution in [0.5, 0.6) is 5.75 Å². The summed E-state index contributed by atoms with van der Waals surface area (Å²) in [6.45, 7) is 1.99. The molecule has 0 aliphatic rings. The molecule has 0 unspecified atom stereocenters. The Morgan fingerprint density at radius 1 is 1.50 bits per heavy atom. The lowest BCUT2D eigenvalue weighted by atomic mass is 10.2. The fourth-order valence-corrected chi connectivity index (χ4v) is 2.05. The third kappa shape index (κ3) is 3.89. The van der Waals surface area contributed by atoms with Crippen molar-refractivity contribution in [3.8, 4) is 5.75 Å². The number of oxime groups is 1. The van der Waals surface area contributed by atoms with Gasteiger partial charge in [0.05, 0.1) is 12.2 Å². The Balaban J connectivity index is 2.16. The molecular weight excluding hydrogens is 306 g/mol. The summed E-state index contributed by atoms with van der Waals surface area (Å²) in [5.74, 6) is -0.187. The minimum absolute atomic E-state index is 0.116. The van der Waals surface area contributed by atoms with Crippen LogP contribution in [0, 0.1) is 0 Å². The van der Waals surface area contributed by atoms with Crippen molar-refractivity contribution in [3.05, 3.63) is 40.9 Å². The highest BCUT2D eigenvalue weighted by Crippen LogP contribution is 2.16. The van der Waals surface area contributed by atoms with Gasteiger partial charge in [-0.2, -0.15) is 0 Å². The number of carbonyl (C=O) groups is 1. The molecule has 0 aliphatic heterocycles. The predicted octanol–water partition coefficient (Wildman–Crippen LogP) is 1.79. The Kier molecular flexibility index (Phi) is 5.21. The lowest BCUT2D eigenvalue weighted by Gasteiger charge is -2.03. The normalized spacial score (nSPS) is 11.0. The summed E-state index contributed by atoms with van der Waals surface area (Å²) in [5.41, 5.74) is 5.97. The van der Waals surface area contributed by atoms with Crippen molar-refractivity contribution in [1.82, 2.24) is 4.98 Å². The highest BCUT2D eigenvalue weighted by atomic mass is 32.1. The Labute approximate surface area is 130 Å². The third-order valence-corrected chi connectivity index (χ3v) is 3.12. The summed E-state index contributed by atoms with van der Waals surface area (Å²) in [6, 6.07) is 6.24. The fraction of sp³-hybridized carbons (Fsp3) is 0.143. The third-order valence-electron chi connectivity index (χ3n) is 2.45. The number of hydrogen-bond acceptors (Lipinski definition) is 8. The van der Waals surface area contributed by atoms with Crippen molar-refractivity contribution in [1.29, 1.82) is 0 Å². The standard InChI is InChI=1S/C14H12N3O4S/c1-2-20-13(19)9-4-3-5-10(6-9)21-17-11(7-18)12-8-22-14(15)16-12/h3-6,8H,2H2,1H3,(H2,15,16)/b17-11+. The van der Waals surface area contributed by atoms with Gasteiger partial charge in [0.15, 0.2) is 16.6 Å². The molecule has 0 bridgehead atoms. The van der Waals surface area contributed by atoms with Gasteiger partial charge in [-0.1, -0.05) is 11.2 Å². The van der Waals surface area contributed by atoms with E-state index in [0.29, 0.717) is 10.7 Å². The number of rotatable bonds is 6. The molecular formula is C14H12N3O4S. The van der Waals surface area contributed by atoms with Crippen LogP contribution in [0.4, 0.5) is 5.13 Å². The predicted molar refractivity (Wildman–Crippen MR) is 81.8 cm³/mol. The maximum atomic E-state index is 11.6. The molecule has 1 aromatic heterocycles. The Morgan fingerprint density at radius 2 is 2.32 bits per heavy atom. The van der Waals surface area contributed by atoms with Gasteiger partial charge in [-0.25, -0.2) is 9.78 Å². The zero-order valence-corrected chi connectivity index (χ0v) is 12.4. The number of nitrogen functional groups attached to an aromatic ring is 1. The molecule has 22 heavy (non-hydrogen) atoms. The number of esters is 1. The Hall–Kier alpha value is -2.74. The van der Waals surface area contributed by atoms with E-state index in [2.05, 4.69) is 10.1 Å². The minimum atomic E-state index is -0.466. The summed E-state index contributed by atoms with van der Waals surface area (Å²) in [5, 5.41) is 5.55. The quantitative estimate of drug-likeness (QED) is 0.495. The number of ether oxygens (including phenoxy) is 1. The van der Waals surface area contributed by atoms with Gasteiger partial charge < -0.3 is 15.3 Å². The summed E-state index contributed by atoms with van der Waals surface area (Å²) in [7, 11) is 0. The molecule has 2 N–H and O–H groups in total. The zero-order chi connectivity index (χ0) is 15.9. The zero-order valence-electron chi connectivity index (χ0n) is 11.6. The van der Waals surface area contributed by atoms with Crippen molar-refractivity contribution in [3.63, 3.8) is 0 Å². The molecule has 0 atom stereocenters. The molecule has 0 fully saturated rings. The van der Waals surface area contributed by atoms with Crippen LogP contribution in [0.3, 0.4) is 0 Å². The lowest BCUT2D eigenvalue weighted by Crippen LogP contribution is -2.06. The van der Waals surface area contributed by atoms with E-state index in [1.165, 1.54) is 17.4 Å². The van der Waals surface area contributed by atoms with Crippen LogP contribution in [-0.4, -0.2) is 29.6 Å². The van der Waals surface area contributed by atoms with E-state index >= 15 is 0 Å². The van der Waals surface area contributed by atoms with Gasteiger partial charge in [-0.05, 0) is 25.1 Å². The average molecular weight is 318 g/mol. The van der Waals surface area contributed by atoms with Crippen LogP contribution < -0.4 is 10.6 Å². The summed E-state index contributed by atoms with van der Waals surface area (Å²) in [6.07, 6.45) is 1.63. The van der Waals surface area contributed by atoms with Gasteiger partial charge in [0.1, 0.15) is 5.69 Å². The molecule has 1 heterocycles. The summed E-state index contributed by atoms with van der Waals surface area (Å²) in [4.78, 5) is 31.6. The van der Waals surface area contributed by atoms with Gasteiger partial charge in [0.25, 0.3) is 6.29 Å². The maximum absolute atomic E-state index is 11.6. The van der Waals surface area contributed by atoms with Crippen LogP contribution in [0.2, 0.25) is 0 Å². The smallest absolute Gasteiger partial charge is 0.338 e. The molecule has 2 rings (SSSR count). The molecule has 1 aromatic carbocycles. The number of nitrogens with two attached hydrogens (primary N) is 1. The van der Waals surface area contributed by atoms with E-state index in [9.17, 15) is 9.59 Å². The molecule has 0 spiro atoms. The second-order valence-corrected chi connectivity index (χ2v) is 4.84. The first kappa shape index (κ1) is 15.6. The van der Waals surface area contributed by atoms with Gasteiger partial charge >= 0.3 is 5.97 Å². The first-order valence-corrected chi connectivity index (χ1v) is 7.13. The van der Waals surface area contributed by atoms with Crippen molar-refractivity contribution in [2.24, 2.45) is 5.16 Å². The average Bonchev–Trinajstić information content (AvgIpc) is 2.95. The number of carbonyl (C=O) groups excluding carboxylic acids is 2. The van der Waals surface area contributed by atoms with Crippen molar-refractivity contribution < 1.29 is 19.2 Å². The second kappa shape index (κ2) is 7.32. The number of hydrogen-bond donors (Lipinski definition) is 1. The number of aromatic nitrogens is 1. The van der Waals surface area contributed by atoms with E-state index in [1.54, 1.807) is 36.8 Å². The largest absolute Gasteiger partial charge is 0.462 e. The van der Waals surface area contributed by atoms with Crippen LogP contribution in [-0.2, 0) is 9.53 Å². The van der Waals surface area contributed by atoms with Crippen molar-refractivity contribution >= 4 is 34.4 Å². The van der Waals surface area contributed by atoms with E-state index in [0.717, 1.165) is 0 Å². The molecule has 7 nitrogen and oxygen atoms in total. The van der Waals surface area contributed by atoms with Gasteiger partial charge in [0.2, 0.25) is 0 Å². The summed E-state index contributed by atoms with van der Waals surface area (Å²) < 4.78 is 4.89. The molecule has 0 amide bonds. The minimum Gasteiger partial charge on any atom is -0.462 e. The van der Waals surface area contributed by atoms with Gasteiger partial charge in [0, 0.05) is 5.38 Å². The Morgan fingerprint density at radius 3 is 2.95 bits per heavy atom. The first-order valence-electron chi connectivity index (χ1n) is 6.25. The van der Waals surface area contributed by atoms with Crippen LogP contribution in [0.15, 0.2) is 34.8 Å². The Bertz CT molecular complexity index is 712.